The molecule has 0 bridgehead atoms. The number of amides is 3. The first kappa shape index (κ1) is 16.7. The summed E-state index contributed by atoms with van der Waals surface area (Å²) in [4.78, 5) is 40.4. The van der Waals surface area contributed by atoms with Crippen LogP contribution in [0.5, 0.6) is 0 Å². The maximum absolute atomic E-state index is 12.5. The molecule has 1 aromatic carbocycles. The van der Waals surface area contributed by atoms with Crippen molar-refractivity contribution >= 4 is 17.7 Å². The van der Waals surface area contributed by atoms with E-state index in [-0.39, 0.29) is 30.7 Å². The Labute approximate surface area is 142 Å². The molecule has 0 unspecified atom stereocenters. The van der Waals surface area contributed by atoms with Gasteiger partial charge in [-0.2, -0.15) is 0 Å². The van der Waals surface area contributed by atoms with Gasteiger partial charge in [0.1, 0.15) is 0 Å². The van der Waals surface area contributed by atoms with Gasteiger partial charge >= 0.3 is 0 Å². The molecule has 0 radical (unpaired) electrons. The van der Waals surface area contributed by atoms with Crippen LogP contribution in [0.1, 0.15) is 58.9 Å². The highest BCUT2D eigenvalue weighted by atomic mass is 16.2. The molecule has 0 N–H and O–H groups in total. The van der Waals surface area contributed by atoms with Crippen LogP contribution in [0.2, 0.25) is 0 Å². The van der Waals surface area contributed by atoms with Crippen molar-refractivity contribution < 1.29 is 14.4 Å². The maximum atomic E-state index is 12.5. The topological polar surface area (TPSA) is 57.7 Å². The third-order valence-corrected chi connectivity index (χ3v) is 4.70. The molecule has 1 aliphatic heterocycles. The summed E-state index contributed by atoms with van der Waals surface area (Å²) in [6.07, 6.45) is 3.53. The average molecular weight is 328 g/mol. The zero-order valence-corrected chi connectivity index (χ0v) is 14.4. The van der Waals surface area contributed by atoms with Crippen molar-refractivity contribution in [3.05, 3.63) is 34.9 Å². The number of imide groups is 1. The van der Waals surface area contributed by atoms with E-state index in [9.17, 15) is 14.4 Å². The van der Waals surface area contributed by atoms with Crippen molar-refractivity contribution in [2.45, 2.75) is 39.5 Å². The zero-order chi connectivity index (χ0) is 17.3. The maximum Gasteiger partial charge on any atom is 0.261 e. The minimum absolute atomic E-state index is 0.0384. The second kappa shape index (κ2) is 6.75. The quantitative estimate of drug-likeness (QED) is 0.723. The summed E-state index contributed by atoms with van der Waals surface area (Å²) in [6.45, 7) is 5.67. The third kappa shape index (κ3) is 3.35. The molecule has 1 saturated carbocycles. The predicted octanol–water partition coefficient (Wildman–Crippen LogP) is 2.63. The van der Waals surface area contributed by atoms with Crippen LogP contribution >= 0.6 is 0 Å². The third-order valence-electron chi connectivity index (χ3n) is 4.70. The average Bonchev–Trinajstić information content (AvgIpc) is 3.34. The fourth-order valence-electron chi connectivity index (χ4n) is 3.17. The first-order valence-electron chi connectivity index (χ1n) is 8.76. The zero-order valence-electron chi connectivity index (χ0n) is 14.4. The Morgan fingerprint density at radius 2 is 1.92 bits per heavy atom. The Bertz CT molecular complexity index is 679. The lowest BCUT2D eigenvalue weighted by Gasteiger charge is -2.23. The molecule has 0 spiro atoms. The Kier molecular flexibility index (Phi) is 4.69. The number of hydrogen-bond donors (Lipinski definition) is 0. The molecule has 3 amide bonds. The van der Waals surface area contributed by atoms with E-state index >= 15 is 0 Å². The van der Waals surface area contributed by atoms with Crippen molar-refractivity contribution in [3.8, 4) is 0 Å². The van der Waals surface area contributed by atoms with Gasteiger partial charge in [-0.25, -0.2) is 0 Å². The Morgan fingerprint density at radius 3 is 2.58 bits per heavy atom. The highest BCUT2D eigenvalue weighted by Crippen LogP contribution is 2.30. The van der Waals surface area contributed by atoms with Crippen LogP contribution in [0, 0.1) is 12.8 Å². The molecule has 1 fully saturated rings. The van der Waals surface area contributed by atoms with Crippen LogP contribution in [0.15, 0.2) is 18.2 Å². The van der Waals surface area contributed by atoms with Gasteiger partial charge in [0, 0.05) is 26.1 Å². The van der Waals surface area contributed by atoms with Gasteiger partial charge in [0.05, 0.1) is 11.1 Å². The van der Waals surface area contributed by atoms with E-state index in [0.717, 1.165) is 25.1 Å². The molecule has 1 aliphatic carbocycles. The SMILES string of the molecule is CCCN(CC1CC1)C(=O)CCN1C(=O)c2ccc(C)cc2C1=O. The number of carbonyl (C=O) groups is 3. The molecule has 3 rings (SSSR count). The Morgan fingerprint density at radius 1 is 1.21 bits per heavy atom. The summed E-state index contributed by atoms with van der Waals surface area (Å²) in [5, 5.41) is 0. The molecule has 5 heteroatoms. The first-order valence-corrected chi connectivity index (χ1v) is 8.76. The lowest BCUT2D eigenvalue weighted by Crippen LogP contribution is -2.38. The van der Waals surface area contributed by atoms with E-state index < -0.39 is 0 Å². The molecule has 0 aromatic heterocycles. The summed E-state index contributed by atoms with van der Waals surface area (Å²) in [7, 11) is 0. The largest absolute Gasteiger partial charge is 0.342 e. The van der Waals surface area contributed by atoms with Gasteiger partial charge in [-0.3, -0.25) is 19.3 Å². The molecular formula is C19H24N2O3. The minimum atomic E-state index is -0.285. The van der Waals surface area contributed by atoms with Crippen LogP contribution < -0.4 is 0 Å². The van der Waals surface area contributed by atoms with Crippen LogP contribution in [0.3, 0.4) is 0 Å². The van der Waals surface area contributed by atoms with E-state index in [1.807, 2.05) is 17.9 Å². The van der Waals surface area contributed by atoms with Crippen molar-refractivity contribution in [2.24, 2.45) is 5.92 Å². The lowest BCUT2D eigenvalue weighted by atomic mass is 10.1. The minimum Gasteiger partial charge on any atom is -0.342 e. The molecular weight excluding hydrogens is 304 g/mol. The summed E-state index contributed by atoms with van der Waals surface area (Å²) >= 11 is 0. The smallest absolute Gasteiger partial charge is 0.261 e. The number of nitrogens with zero attached hydrogens (tertiary/aromatic N) is 2. The molecule has 1 heterocycles. The fourth-order valence-corrected chi connectivity index (χ4v) is 3.17. The van der Waals surface area contributed by atoms with Crippen LogP contribution in [0.25, 0.3) is 0 Å². The molecule has 24 heavy (non-hydrogen) atoms. The molecule has 128 valence electrons. The number of benzene rings is 1. The second-order valence-corrected chi connectivity index (χ2v) is 6.84. The van der Waals surface area contributed by atoms with Gasteiger partial charge in [-0.1, -0.05) is 18.6 Å². The molecule has 1 aromatic rings. The van der Waals surface area contributed by atoms with Crippen molar-refractivity contribution in [1.82, 2.24) is 9.80 Å². The number of rotatable bonds is 7. The van der Waals surface area contributed by atoms with Gasteiger partial charge in [0.2, 0.25) is 5.91 Å². The van der Waals surface area contributed by atoms with Crippen molar-refractivity contribution in [2.75, 3.05) is 19.6 Å². The standard InChI is InChI=1S/C19H24N2O3/c1-3-9-20(12-14-5-6-14)17(22)8-10-21-18(23)15-7-4-13(2)11-16(15)19(21)24/h4,7,11,14H,3,5-6,8-10,12H2,1-2H3. The van der Waals surface area contributed by atoms with Crippen molar-refractivity contribution in [3.63, 3.8) is 0 Å². The molecule has 5 nitrogen and oxygen atoms in total. The van der Waals surface area contributed by atoms with E-state index in [2.05, 4.69) is 6.92 Å². The number of fused-ring (bicyclic) bond motifs is 1. The second-order valence-electron chi connectivity index (χ2n) is 6.84. The number of carbonyl (C=O) groups excluding carboxylic acids is 3. The van der Waals surface area contributed by atoms with E-state index in [1.165, 1.54) is 17.7 Å². The summed E-state index contributed by atoms with van der Waals surface area (Å²) in [6, 6.07) is 5.27. The first-order chi connectivity index (χ1) is 11.5. The van der Waals surface area contributed by atoms with Gasteiger partial charge in [0.15, 0.2) is 0 Å². The van der Waals surface area contributed by atoms with Gasteiger partial charge in [-0.05, 0) is 44.2 Å². The van der Waals surface area contributed by atoms with Crippen LogP contribution in [-0.4, -0.2) is 47.2 Å². The Balaban J connectivity index is 1.63. The van der Waals surface area contributed by atoms with Crippen LogP contribution in [-0.2, 0) is 4.79 Å². The normalized spacial score (nSPS) is 16.5. The summed E-state index contributed by atoms with van der Waals surface area (Å²) in [5.74, 6) is 0.113. The monoisotopic (exact) mass is 328 g/mol. The van der Waals surface area contributed by atoms with Crippen LogP contribution in [0.4, 0.5) is 0 Å². The molecule has 2 aliphatic rings. The van der Waals surface area contributed by atoms with Crippen molar-refractivity contribution in [1.29, 1.82) is 0 Å². The lowest BCUT2D eigenvalue weighted by molar-refractivity contribution is -0.131. The van der Waals surface area contributed by atoms with E-state index in [1.54, 1.807) is 12.1 Å². The van der Waals surface area contributed by atoms with Gasteiger partial charge in [0.25, 0.3) is 11.8 Å². The fraction of sp³-hybridized carbons (Fsp3) is 0.526. The van der Waals surface area contributed by atoms with E-state index in [4.69, 9.17) is 0 Å². The van der Waals surface area contributed by atoms with Gasteiger partial charge in [-0.15, -0.1) is 0 Å². The summed E-state index contributed by atoms with van der Waals surface area (Å²) < 4.78 is 0. The van der Waals surface area contributed by atoms with E-state index in [0.29, 0.717) is 17.0 Å². The number of hydrogen-bond acceptors (Lipinski definition) is 3. The molecule has 0 atom stereocenters. The highest BCUT2D eigenvalue weighted by molar-refractivity contribution is 6.21. The Hall–Kier alpha value is -2.17. The van der Waals surface area contributed by atoms with Gasteiger partial charge < -0.3 is 4.90 Å². The number of aryl methyl sites for hydroxylation is 1. The molecule has 0 saturated heterocycles. The highest BCUT2D eigenvalue weighted by Gasteiger charge is 2.36. The summed E-state index contributed by atoms with van der Waals surface area (Å²) in [5.41, 5.74) is 1.85. The predicted molar refractivity (Wildman–Crippen MR) is 90.8 cm³/mol.